The van der Waals surface area contributed by atoms with Gasteiger partial charge < -0.3 is 5.32 Å². The zero-order valence-corrected chi connectivity index (χ0v) is 13.2. The molecule has 21 heavy (non-hydrogen) atoms. The minimum absolute atomic E-state index is 0.752. The van der Waals surface area contributed by atoms with Gasteiger partial charge in [-0.05, 0) is 47.3 Å². The van der Waals surface area contributed by atoms with Gasteiger partial charge in [-0.15, -0.1) is 0 Å². The van der Waals surface area contributed by atoms with Gasteiger partial charge in [0.25, 0.3) is 0 Å². The Morgan fingerprint density at radius 3 is 2.33 bits per heavy atom. The van der Waals surface area contributed by atoms with E-state index < -0.39 is 0 Å². The van der Waals surface area contributed by atoms with Crippen molar-refractivity contribution in [2.45, 2.75) is 6.54 Å². The number of nitrogens with one attached hydrogen (secondary N) is 1. The summed E-state index contributed by atoms with van der Waals surface area (Å²) in [6.45, 7) is 0.771. The minimum atomic E-state index is 0.752. The maximum absolute atomic E-state index is 6.31. The lowest BCUT2D eigenvalue weighted by atomic mass is 9.94. The number of hydrogen-bond acceptors (Lipinski definition) is 1. The van der Waals surface area contributed by atoms with Crippen molar-refractivity contribution in [3.63, 3.8) is 0 Å². The molecule has 0 saturated carbocycles. The number of rotatable bonds is 3. The minimum Gasteiger partial charge on any atom is -0.316 e. The van der Waals surface area contributed by atoms with Crippen molar-refractivity contribution in [3.8, 4) is 11.1 Å². The largest absolute Gasteiger partial charge is 0.316 e. The van der Waals surface area contributed by atoms with Gasteiger partial charge in [0.1, 0.15) is 0 Å². The average molecular weight is 316 g/mol. The molecule has 3 rings (SSSR count). The number of hydrogen-bond donors (Lipinski definition) is 1. The van der Waals surface area contributed by atoms with Crippen LogP contribution in [0.4, 0.5) is 0 Å². The van der Waals surface area contributed by atoms with Crippen LogP contribution in [-0.2, 0) is 6.54 Å². The van der Waals surface area contributed by atoms with Gasteiger partial charge in [0, 0.05) is 22.0 Å². The Hall–Kier alpha value is -1.54. The summed E-state index contributed by atoms with van der Waals surface area (Å²) in [6.07, 6.45) is 0. The predicted molar refractivity (Wildman–Crippen MR) is 92.2 cm³/mol. The van der Waals surface area contributed by atoms with Gasteiger partial charge >= 0.3 is 0 Å². The highest BCUT2D eigenvalue weighted by atomic mass is 35.5. The van der Waals surface area contributed by atoms with Crippen molar-refractivity contribution in [1.29, 1.82) is 0 Å². The predicted octanol–water partition coefficient (Wildman–Crippen LogP) is 5.53. The monoisotopic (exact) mass is 315 g/mol. The van der Waals surface area contributed by atoms with Gasteiger partial charge in [0.05, 0.1) is 0 Å². The second-order valence-electron chi connectivity index (χ2n) is 4.97. The summed E-state index contributed by atoms with van der Waals surface area (Å²) in [5, 5.41) is 6.95. The Morgan fingerprint density at radius 1 is 0.857 bits per heavy atom. The fourth-order valence-electron chi connectivity index (χ4n) is 2.66. The van der Waals surface area contributed by atoms with Gasteiger partial charge in [-0.25, -0.2) is 0 Å². The van der Waals surface area contributed by atoms with Crippen LogP contribution >= 0.6 is 23.2 Å². The molecule has 0 amide bonds. The molecule has 3 aromatic carbocycles. The van der Waals surface area contributed by atoms with Gasteiger partial charge in [-0.3, -0.25) is 0 Å². The van der Waals surface area contributed by atoms with Gasteiger partial charge in [-0.1, -0.05) is 59.6 Å². The summed E-state index contributed by atoms with van der Waals surface area (Å²) in [6, 6.07) is 18.2. The highest BCUT2D eigenvalue weighted by Crippen LogP contribution is 2.35. The molecule has 0 aliphatic rings. The first kappa shape index (κ1) is 14.4. The molecule has 0 heterocycles. The van der Waals surface area contributed by atoms with E-state index in [4.69, 9.17) is 23.2 Å². The maximum atomic E-state index is 6.31. The van der Waals surface area contributed by atoms with Gasteiger partial charge in [0.15, 0.2) is 0 Å². The molecule has 0 spiro atoms. The van der Waals surface area contributed by atoms with Crippen molar-refractivity contribution >= 4 is 34.0 Å². The van der Waals surface area contributed by atoms with Gasteiger partial charge in [-0.2, -0.15) is 0 Å². The molecule has 0 bridgehead atoms. The van der Waals surface area contributed by atoms with E-state index in [1.807, 2.05) is 37.4 Å². The van der Waals surface area contributed by atoms with Crippen molar-refractivity contribution in [2.24, 2.45) is 0 Å². The van der Waals surface area contributed by atoms with Gasteiger partial charge in [0.2, 0.25) is 0 Å². The molecule has 3 heteroatoms. The van der Waals surface area contributed by atoms with E-state index in [0.29, 0.717) is 0 Å². The summed E-state index contributed by atoms with van der Waals surface area (Å²) in [5.74, 6) is 0. The van der Waals surface area contributed by atoms with Crippen LogP contribution in [0.5, 0.6) is 0 Å². The Labute approximate surface area is 134 Å². The first-order chi connectivity index (χ1) is 10.2. The van der Waals surface area contributed by atoms with E-state index >= 15 is 0 Å². The number of fused-ring (bicyclic) bond motifs is 1. The second-order valence-corrected chi connectivity index (χ2v) is 5.82. The molecule has 0 unspecified atom stereocenters. The normalized spacial score (nSPS) is 11.0. The van der Waals surface area contributed by atoms with Crippen LogP contribution in [0.2, 0.25) is 10.0 Å². The van der Waals surface area contributed by atoms with Crippen molar-refractivity contribution < 1.29 is 0 Å². The molecule has 0 radical (unpaired) electrons. The Kier molecular flexibility index (Phi) is 4.16. The first-order valence-corrected chi connectivity index (χ1v) is 7.57. The smallest absolute Gasteiger partial charge is 0.0484 e. The van der Waals surface area contributed by atoms with E-state index in [0.717, 1.165) is 27.4 Å². The van der Waals surface area contributed by atoms with Crippen molar-refractivity contribution in [3.05, 3.63) is 70.2 Å². The molecule has 0 aliphatic carbocycles. The molecule has 106 valence electrons. The van der Waals surface area contributed by atoms with Crippen LogP contribution in [0.25, 0.3) is 21.9 Å². The molecule has 0 aromatic heterocycles. The van der Waals surface area contributed by atoms with E-state index in [9.17, 15) is 0 Å². The standard InChI is InChI=1S/C18H15Cl2N/c1-21-11-12-10-13(19)6-7-14(12)16-8-9-18(20)17-5-3-2-4-15(16)17/h2-10,21H,11H2,1H3. The Morgan fingerprint density at radius 2 is 1.57 bits per heavy atom. The zero-order chi connectivity index (χ0) is 14.8. The quantitative estimate of drug-likeness (QED) is 0.669. The average Bonchev–Trinajstić information content (AvgIpc) is 2.49. The van der Waals surface area contributed by atoms with E-state index in [1.165, 1.54) is 16.7 Å². The van der Waals surface area contributed by atoms with Crippen LogP contribution in [-0.4, -0.2) is 7.05 Å². The first-order valence-electron chi connectivity index (χ1n) is 6.81. The maximum Gasteiger partial charge on any atom is 0.0484 e. The zero-order valence-electron chi connectivity index (χ0n) is 11.7. The molecule has 1 nitrogen and oxygen atoms in total. The number of halogens is 2. The topological polar surface area (TPSA) is 12.0 Å². The third kappa shape index (κ3) is 2.77. The molecule has 1 N–H and O–H groups in total. The van der Waals surface area contributed by atoms with E-state index in [2.05, 4.69) is 29.6 Å². The Balaban J connectivity index is 2.28. The summed E-state index contributed by atoms with van der Waals surface area (Å²) in [7, 11) is 1.94. The molecule has 3 aromatic rings. The van der Waals surface area contributed by atoms with Crippen LogP contribution in [0.1, 0.15) is 5.56 Å². The molecule has 0 fully saturated rings. The fourth-order valence-corrected chi connectivity index (χ4v) is 3.08. The lowest BCUT2D eigenvalue weighted by Crippen LogP contribution is -2.06. The van der Waals surface area contributed by atoms with E-state index in [1.54, 1.807) is 0 Å². The molecule has 0 atom stereocenters. The highest BCUT2D eigenvalue weighted by molar-refractivity contribution is 6.36. The molecular formula is C18H15Cl2N. The summed E-state index contributed by atoms with van der Waals surface area (Å²) in [5.41, 5.74) is 3.54. The number of benzene rings is 3. The van der Waals surface area contributed by atoms with Crippen LogP contribution in [0, 0.1) is 0 Å². The van der Waals surface area contributed by atoms with Crippen LogP contribution in [0.15, 0.2) is 54.6 Å². The molecule has 0 saturated heterocycles. The third-order valence-corrected chi connectivity index (χ3v) is 4.16. The second kappa shape index (κ2) is 6.07. The Bertz CT molecular complexity index is 796. The summed E-state index contributed by atoms with van der Waals surface area (Å²) < 4.78 is 0. The van der Waals surface area contributed by atoms with Crippen molar-refractivity contribution in [1.82, 2.24) is 5.32 Å². The van der Waals surface area contributed by atoms with Crippen LogP contribution < -0.4 is 5.32 Å². The van der Waals surface area contributed by atoms with Crippen LogP contribution in [0.3, 0.4) is 0 Å². The van der Waals surface area contributed by atoms with Crippen molar-refractivity contribution in [2.75, 3.05) is 7.05 Å². The van der Waals surface area contributed by atoms with E-state index in [-0.39, 0.29) is 0 Å². The highest BCUT2D eigenvalue weighted by Gasteiger charge is 2.10. The lowest BCUT2D eigenvalue weighted by molar-refractivity contribution is 0.819. The third-order valence-electron chi connectivity index (χ3n) is 3.60. The summed E-state index contributed by atoms with van der Waals surface area (Å²) in [4.78, 5) is 0. The molecular weight excluding hydrogens is 301 g/mol. The summed E-state index contributed by atoms with van der Waals surface area (Å²) >= 11 is 12.4. The molecule has 0 aliphatic heterocycles. The SMILES string of the molecule is CNCc1cc(Cl)ccc1-c1ccc(Cl)c2ccccc12. The fraction of sp³-hybridized carbons (Fsp3) is 0.111. The lowest BCUT2D eigenvalue weighted by Gasteiger charge is -2.13.